The lowest BCUT2D eigenvalue weighted by Crippen LogP contribution is -2.60. The molecule has 4 aliphatic rings. The van der Waals surface area contributed by atoms with Crippen LogP contribution in [0.25, 0.3) is 0 Å². The van der Waals surface area contributed by atoms with Crippen LogP contribution in [-0.4, -0.2) is 54.5 Å². The van der Waals surface area contributed by atoms with Crippen LogP contribution >= 0.6 is 0 Å². The van der Waals surface area contributed by atoms with Gasteiger partial charge in [0.05, 0.1) is 19.6 Å². The first-order chi connectivity index (χ1) is 13.7. The Hall–Kier alpha value is -1.81. The van der Waals surface area contributed by atoms with Gasteiger partial charge in [-0.3, -0.25) is 9.69 Å². The van der Waals surface area contributed by atoms with Crippen LogP contribution in [0.2, 0.25) is 0 Å². The van der Waals surface area contributed by atoms with Gasteiger partial charge in [-0.15, -0.1) is 0 Å². The van der Waals surface area contributed by atoms with Crippen molar-refractivity contribution in [2.45, 2.75) is 57.0 Å². The molecule has 1 aliphatic carbocycles. The molecule has 1 amide bonds. The van der Waals surface area contributed by atoms with Gasteiger partial charge in [-0.25, -0.2) is 0 Å². The van der Waals surface area contributed by atoms with Gasteiger partial charge in [0, 0.05) is 19.1 Å². The summed E-state index contributed by atoms with van der Waals surface area (Å²) in [7, 11) is 1.68. The predicted molar refractivity (Wildman–Crippen MR) is 110 cm³/mol. The second-order valence-corrected chi connectivity index (χ2v) is 9.12. The van der Waals surface area contributed by atoms with Gasteiger partial charge in [-0.1, -0.05) is 30.2 Å². The lowest BCUT2D eigenvalue weighted by atomic mass is 9.68. The molecule has 4 heteroatoms. The number of rotatable bonds is 3. The standard InChI is InChI=1S/C24H32N2O2/c1-28-21-9-7-17(8-10-21)13-23(27)26-12-4-5-18-14-19-15-20(24(18)26)16-25-11-3-2-6-22(19)25/h7-10,14,19-20,22,24H,2-6,11-13,15-16H2,1H3/t19-,20?,22?,24?/m0/s1. The Morgan fingerprint density at radius 2 is 2.00 bits per heavy atom. The minimum absolute atomic E-state index is 0.292. The number of hydrogen-bond acceptors (Lipinski definition) is 3. The maximum absolute atomic E-state index is 13.3. The Labute approximate surface area is 168 Å². The van der Waals surface area contributed by atoms with Crippen molar-refractivity contribution in [3.8, 4) is 5.75 Å². The van der Waals surface area contributed by atoms with Gasteiger partial charge in [0.25, 0.3) is 0 Å². The normalized spacial score (nSPS) is 32.2. The Balaban J connectivity index is 1.35. The predicted octanol–water partition coefficient (Wildman–Crippen LogP) is 3.66. The van der Waals surface area contributed by atoms with E-state index >= 15 is 0 Å². The number of ether oxygens (including phenoxy) is 1. The highest BCUT2D eigenvalue weighted by molar-refractivity contribution is 5.80. The van der Waals surface area contributed by atoms with Gasteiger partial charge < -0.3 is 9.64 Å². The molecule has 3 saturated heterocycles. The largest absolute Gasteiger partial charge is 0.497 e. The lowest BCUT2D eigenvalue weighted by molar-refractivity contribution is -0.135. The van der Waals surface area contributed by atoms with Crippen LogP contribution in [0.3, 0.4) is 0 Å². The third-order valence-corrected chi connectivity index (χ3v) is 7.49. The van der Waals surface area contributed by atoms with Crippen LogP contribution < -0.4 is 4.74 Å². The van der Waals surface area contributed by atoms with Crippen LogP contribution in [0.5, 0.6) is 5.75 Å². The second kappa shape index (κ2) is 7.55. The van der Waals surface area contributed by atoms with Gasteiger partial charge in [0.1, 0.15) is 5.75 Å². The van der Waals surface area contributed by atoms with Gasteiger partial charge in [-0.2, -0.15) is 0 Å². The molecule has 3 fully saturated rings. The van der Waals surface area contributed by atoms with Crippen molar-refractivity contribution >= 4 is 5.91 Å². The van der Waals surface area contributed by atoms with Crippen molar-refractivity contribution in [1.29, 1.82) is 0 Å². The van der Waals surface area contributed by atoms with Crippen molar-refractivity contribution in [1.82, 2.24) is 9.80 Å². The zero-order chi connectivity index (χ0) is 19.1. The number of carbonyl (C=O) groups excluding carboxylic acids is 1. The molecule has 4 nitrogen and oxygen atoms in total. The maximum atomic E-state index is 13.3. The third-order valence-electron chi connectivity index (χ3n) is 7.49. The highest BCUT2D eigenvalue weighted by Gasteiger charge is 2.46. The zero-order valence-electron chi connectivity index (χ0n) is 17.0. The van der Waals surface area contributed by atoms with E-state index in [0.717, 1.165) is 36.2 Å². The van der Waals surface area contributed by atoms with Crippen molar-refractivity contribution in [2.75, 3.05) is 26.7 Å². The number of carbonyl (C=O) groups is 1. The van der Waals surface area contributed by atoms with E-state index in [1.807, 2.05) is 24.3 Å². The Morgan fingerprint density at radius 3 is 2.82 bits per heavy atom. The number of nitrogens with zero attached hydrogens (tertiary/aromatic N) is 2. The Morgan fingerprint density at radius 1 is 1.14 bits per heavy atom. The van der Waals surface area contributed by atoms with E-state index in [9.17, 15) is 4.79 Å². The highest BCUT2D eigenvalue weighted by atomic mass is 16.5. The molecule has 150 valence electrons. The molecule has 1 aromatic rings. The fraction of sp³-hybridized carbons (Fsp3) is 0.625. The molecular weight excluding hydrogens is 348 g/mol. The second-order valence-electron chi connectivity index (χ2n) is 9.12. The quantitative estimate of drug-likeness (QED) is 0.751. The first-order valence-corrected chi connectivity index (χ1v) is 11.1. The van der Waals surface area contributed by atoms with Crippen LogP contribution in [0, 0.1) is 11.8 Å². The van der Waals surface area contributed by atoms with Crippen molar-refractivity contribution in [3.05, 3.63) is 41.5 Å². The Kier molecular flexibility index (Phi) is 4.92. The van der Waals surface area contributed by atoms with Crippen LogP contribution in [-0.2, 0) is 11.2 Å². The van der Waals surface area contributed by atoms with Crippen LogP contribution in [0.4, 0.5) is 0 Å². The van der Waals surface area contributed by atoms with Gasteiger partial charge in [-0.05, 0) is 68.2 Å². The lowest BCUT2D eigenvalue weighted by Gasteiger charge is -2.54. The summed E-state index contributed by atoms with van der Waals surface area (Å²) >= 11 is 0. The van der Waals surface area contributed by atoms with E-state index in [0.29, 0.717) is 24.3 Å². The molecule has 0 spiro atoms. The molecule has 28 heavy (non-hydrogen) atoms. The van der Waals surface area contributed by atoms with Gasteiger partial charge in [0.2, 0.25) is 5.91 Å². The van der Waals surface area contributed by atoms with Crippen molar-refractivity contribution in [3.63, 3.8) is 0 Å². The van der Waals surface area contributed by atoms with E-state index in [1.165, 1.54) is 45.2 Å². The molecule has 5 rings (SSSR count). The SMILES string of the molecule is COc1ccc(CC(=O)N2CCCC3=C[C@H]4CC(CN5CCCCC45)C32)cc1. The first kappa shape index (κ1) is 18.2. The molecule has 0 radical (unpaired) electrons. The number of fused-ring (bicyclic) bond motifs is 6. The van der Waals surface area contributed by atoms with Gasteiger partial charge in [0.15, 0.2) is 0 Å². The van der Waals surface area contributed by atoms with Crippen molar-refractivity contribution < 1.29 is 9.53 Å². The Bertz CT molecular complexity index is 756. The van der Waals surface area contributed by atoms with E-state index in [4.69, 9.17) is 4.74 Å². The highest BCUT2D eigenvalue weighted by Crippen LogP contribution is 2.45. The summed E-state index contributed by atoms with van der Waals surface area (Å²) < 4.78 is 5.24. The van der Waals surface area contributed by atoms with Crippen LogP contribution in [0.1, 0.15) is 44.1 Å². The maximum Gasteiger partial charge on any atom is 0.227 e. The van der Waals surface area contributed by atoms with E-state index in [-0.39, 0.29) is 0 Å². The molecule has 3 unspecified atom stereocenters. The smallest absolute Gasteiger partial charge is 0.227 e. The molecule has 0 N–H and O–H groups in total. The molecule has 1 aromatic carbocycles. The minimum atomic E-state index is 0.292. The summed E-state index contributed by atoms with van der Waals surface area (Å²) in [6.45, 7) is 3.37. The molecule has 4 atom stereocenters. The van der Waals surface area contributed by atoms with E-state index < -0.39 is 0 Å². The van der Waals surface area contributed by atoms with Crippen molar-refractivity contribution in [2.24, 2.45) is 11.8 Å². The number of piperidine rings is 3. The first-order valence-electron chi connectivity index (χ1n) is 11.1. The zero-order valence-corrected chi connectivity index (χ0v) is 17.0. The van der Waals surface area contributed by atoms with Gasteiger partial charge >= 0.3 is 0 Å². The fourth-order valence-electron chi connectivity index (χ4n) is 6.27. The number of benzene rings is 1. The van der Waals surface area contributed by atoms with Crippen LogP contribution in [0.15, 0.2) is 35.9 Å². The van der Waals surface area contributed by atoms with E-state index in [2.05, 4.69) is 15.9 Å². The average Bonchev–Trinajstić information content (AvgIpc) is 2.74. The summed E-state index contributed by atoms with van der Waals surface area (Å²) in [6.07, 6.45) is 10.8. The average molecular weight is 381 g/mol. The fourth-order valence-corrected chi connectivity index (χ4v) is 6.27. The molecule has 3 aliphatic heterocycles. The number of amides is 1. The number of methoxy groups -OCH3 is 1. The summed E-state index contributed by atoms with van der Waals surface area (Å²) in [5.41, 5.74) is 2.65. The molecule has 3 heterocycles. The summed E-state index contributed by atoms with van der Waals surface area (Å²) in [6, 6.07) is 9.06. The monoisotopic (exact) mass is 380 g/mol. The van der Waals surface area contributed by atoms with E-state index in [1.54, 1.807) is 12.7 Å². The summed E-state index contributed by atoms with van der Waals surface area (Å²) in [5.74, 6) is 2.48. The molecular formula is C24H32N2O2. The summed E-state index contributed by atoms with van der Waals surface area (Å²) in [4.78, 5) is 18.2. The molecule has 0 aromatic heterocycles. The topological polar surface area (TPSA) is 32.8 Å². The summed E-state index contributed by atoms with van der Waals surface area (Å²) in [5, 5.41) is 0. The minimum Gasteiger partial charge on any atom is -0.497 e. The third kappa shape index (κ3) is 3.26. The number of hydrogen-bond donors (Lipinski definition) is 0. The molecule has 2 bridgehead atoms. The molecule has 0 saturated carbocycles. The number of likely N-dealkylation sites (tertiary alicyclic amines) is 1.